The molecule has 0 saturated carbocycles. The first-order chi connectivity index (χ1) is 8.59. The molecule has 1 rings (SSSR count). The third-order valence-electron chi connectivity index (χ3n) is 2.68. The summed E-state index contributed by atoms with van der Waals surface area (Å²) >= 11 is 0. The van der Waals surface area contributed by atoms with Crippen LogP contribution in [0.4, 0.5) is 0 Å². The molecule has 0 heterocycles. The third-order valence-corrected chi connectivity index (χ3v) is 4.47. The van der Waals surface area contributed by atoms with Crippen molar-refractivity contribution in [3.63, 3.8) is 0 Å². The van der Waals surface area contributed by atoms with Crippen LogP contribution in [0.1, 0.15) is 18.9 Å². The lowest BCUT2D eigenvalue weighted by Gasteiger charge is -2.10. The van der Waals surface area contributed by atoms with E-state index < -0.39 is 9.84 Å². The van der Waals surface area contributed by atoms with E-state index in [0.29, 0.717) is 19.6 Å². The SMILES string of the molecule is CCS(=O)(=O)CCCOc1ccccc1CCN. The van der Waals surface area contributed by atoms with Gasteiger partial charge in [-0.2, -0.15) is 0 Å². The Morgan fingerprint density at radius 3 is 2.67 bits per heavy atom. The quantitative estimate of drug-likeness (QED) is 0.725. The molecule has 102 valence electrons. The topological polar surface area (TPSA) is 69.4 Å². The van der Waals surface area contributed by atoms with E-state index in [0.717, 1.165) is 17.7 Å². The number of nitrogens with two attached hydrogens (primary N) is 1. The van der Waals surface area contributed by atoms with Crippen molar-refractivity contribution in [1.29, 1.82) is 0 Å². The Morgan fingerprint density at radius 1 is 1.28 bits per heavy atom. The average molecular weight is 271 g/mol. The Morgan fingerprint density at radius 2 is 2.00 bits per heavy atom. The van der Waals surface area contributed by atoms with Crippen LogP contribution in [0.25, 0.3) is 0 Å². The molecule has 0 aliphatic rings. The maximum atomic E-state index is 11.3. The molecule has 0 aliphatic heterocycles. The zero-order valence-corrected chi connectivity index (χ0v) is 11.6. The van der Waals surface area contributed by atoms with Gasteiger partial charge in [0.15, 0.2) is 0 Å². The van der Waals surface area contributed by atoms with Gasteiger partial charge < -0.3 is 10.5 Å². The lowest BCUT2D eigenvalue weighted by molar-refractivity contribution is 0.314. The minimum absolute atomic E-state index is 0.183. The highest BCUT2D eigenvalue weighted by molar-refractivity contribution is 7.91. The maximum Gasteiger partial charge on any atom is 0.150 e. The molecule has 0 radical (unpaired) electrons. The number of sulfone groups is 1. The summed E-state index contributed by atoms with van der Waals surface area (Å²) < 4.78 is 28.2. The lowest BCUT2D eigenvalue weighted by Crippen LogP contribution is -2.12. The van der Waals surface area contributed by atoms with E-state index in [4.69, 9.17) is 10.5 Å². The van der Waals surface area contributed by atoms with Gasteiger partial charge in [-0.15, -0.1) is 0 Å². The molecular formula is C13H21NO3S. The van der Waals surface area contributed by atoms with Gasteiger partial charge in [0.05, 0.1) is 12.4 Å². The van der Waals surface area contributed by atoms with Crippen molar-refractivity contribution in [3.8, 4) is 5.75 Å². The minimum atomic E-state index is -2.89. The molecular weight excluding hydrogens is 250 g/mol. The second-order valence-electron chi connectivity index (χ2n) is 4.08. The van der Waals surface area contributed by atoms with Crippen LogP contribution in [0.15, 0.2) is 24.3 Å². The first-order valence-electron chi connectivity index (χ1n) is 6.20. The fraction of sp³-hybridized carbons (Fsp3) is 0.538. The fourth-order valence-corrected chi connectivity index (χ4v) is 2.46. The second-order valence-corrected chi connectivity index (χ2v) is 6.56. The van der Waals surface area contributed by atoms with Crippen molar-refractivity contribution in [2.45, 2.75) is 19.8 Å². The van der Waals surface area contributed by atoms with Gasteiger partial charge in [-0.3, -0.25) is 0 Å². The van der Waals surface area contributed by atoms with Crippen LogP contribution >= 0.6 is 0 Å². The zero-order valence-electron chi connectivity index (χ0n) is 10.8. The van der Waals surface area contributed by atoms with E-state index in [1.807, 2.05) is 24.3 Å². The van der Waals surface area contributed by atoms with Crippen molar-refractivity contribution < 1.29 is 13.2 Å². The van der Waals surface area contributed by atoms with Crippen LogP contribution in [0, 0.1) is 0 Å². The summed E-state index contributed by atoms with van der Waals surface area (Å²) in [7, 11) is -2.89. The van der Waals surface area contributed by atoms with Crippen LogP contribution < -0.4 is 10.5 Å². The van der Waals surface area contributed by atoms with Crippen molar-refractivity contribution in [1.82, 2.24) is 0 Å². The third kappa shape index (κ3) is 5.06. The molecule has 0 amide bonds. The molecule has 0 fully saturated rings. The van der Waals surface area contributed by atoms with Gasteiger partial charge in [0.25, 0.3) is 0 Å². The Bertz CT molecular complexity index is 457. The van der Waals surface area contributed by atoms with Gasteiger partial charge in [0.1, 0.15) is 15.6 Å². The molecule has 0 aliphatic carbocycles. The largest absolute Gasteiger partial charge is 0.493 e. The molecule has 0 bridgehead atoms. The number of hydrogen-bond donors (Lipinski definition) is 1. The highest BCUT2D eigenvalue weighted by atomic mass is 32.2. The number of ether oxygens (including phenoxy) is 1. The van der Waals surface area contributed by atoms with Gasteiger partial charge in [-0.05, 0) is 31.0 Å². The highest BCUT2D eigenvalue weighted by Gasteiger charge is 2.07. The Hall–Kier alpha value is -1.07. The van der Waals surface area contributed by atoms with Crippen molar-refractivity contribution in [3.05, 3.63) is 29.8 Å². The van der Waals surface area contributed by atoms with Gasteiger partial charge in [0.2, 0.25) is 0 Å². The Labute approximate surface area is 109 Å². The van der Waals surface area contributed by atoms with E-state index >= 15 is 0 Å². The van der Waals surface area contributed by atoms with E-state index in [2.05, 4.69) is 0 Å². The molecule has 1 aromatic carbocycles. The summed E-state index contributed by atoms with van der Waals surface area (Å²) in [5.74, 6) is 1.18. The average Bonchev–Trinajstić information content (AvgIpc) is 2.37. The predicted octanol–water partition coefficient (Wildman–Crippen LogP) is 1.39. The van der Waals surface area contributed by atoms with Crippen LogP contribution in [0.2, 0.25) is 0 Å². The summed E-state index contributed by atoms with van der Waals surface area (Å²) in [6.07, 6.45) is 1.29. The van der Waals surface area contributed by atoms with E-state index in [1.165, 1.54) is 0 Å². The lowest BCUT2D eigenvalue weighted by atomic mass is 10.1. The summed E-state index contributed by atoms with van der Waals surface area (Å²) in [6.45, 7) is 2.65. The Balaban J connectivity index is 2.44. The van der Waals surface area contributed by atoms with Gasteiger partial charge in [0, 0.05) is 5.75 Å². The van der Waals surface area contributed by atoms with Crippen LogP contribution in [0.3, 0.4) is 0 Å². The molecule has 18 heavy (non-hydrogen) atoms. The van der Waals surface area contributed by atoms with E-state index in [-0.39, 0.29) is 11.5 Å². The first-order valence-corrected chi connectivity index (χ1v) is 8.02. The number of benzene rings is 1. The smallest absolute Gasteiger partial charge is 0.150 e. The molecule has 2 N–H and O–H groups in total. The minimum Gasteiger partial charge on any atom is -0.493 e. The van der Waals surface area contributed by atoms with Crippen LogP contribution in [-0.2, 0) is 16.3 Å². The van der Waals surface area contributed by atoms with Gasteiger partial charge in [-0.25, -0.2) is 8.42 Å². The normalized spacial score (nSPS) is 11.4. The molecule has 0 spiro atoms. The van der Waals surface area contributed by atoms with Crippen LogP contribution in [0.5, 0.6) is 5.75 Å². The number of rotatable bonds is 8. The second kappa shape index (κ2) is 7.38. The van der Waals surface area contributed by atoms with Crippen molar-refractivity contribution >= 4 is 9.84 Å². The van der Waals surface area contributed by atoms with Crippen molar-refractivity contribution in [2.75, 3.05) is 24.7 Å². The number of para-hydroxylation sites is 1. The summed E-state index contributed by atoms with van der Waals surface area (Å²) in [6, 6.07) is 7.71. The fourth-order valence-electron chi connectivity index (χ4n) is 1.61. The maximum absolute atomic E-state index is 11.3. The van der Waals surface area contributed by atoms with E-state index in [1.54, 1.807) is 6.92 Å². The van der Waals surface area contributed by atoms with E-state index in [9.17, 15) is 8.42 Å². The summed E-state index contributed by atoms with van der Waals surface area (Å²) in [5, 5.41) is 0. The van der Waals surface area contributed by atoms with Crippen LogP contribution in [-0.4, -0.2) is 33.1 Å². The first kappa shape index (κ1) is 15.0. The molecule has 0 saturated heterocycles. The molecule has 0 unspecified atom stereocenters. The van der Waals surface area contributed by atoms with Crippen molar-refractivity contribution in [2.24, 2.45) is 5.73 Å². The number of hydrogen-bond acceptors (Lipinski definition) is 4. The molecule has 0 aromatic heterocycles. The molecule has 0 atom stereocenters. The van der Waals surface area contributed by atoms with Gasteiger partial charge in [-0.1, -0.05) is 25.1 Å². The molecule has 4 nitrogen and oxygen atoms in total. The summed E-state index contributed by atoms with van der Waals surface area (Å²) in [5.41, 5.74) is 6.59. The monoisotopic (exact) mass is 271 g/mol. The molecule has 5 heteroatoms. The molecule has 1 aromatic rings. The highest BCUT2D eigenvalue weighted by Crippen LogP contribution is 2.18. The Kier molecular flexibility index (Phi) is 6.15. The standard InChI is InChI=1S/C13H21NO3S/c1-2-18(15,16)11-5-10-17-13-7-4-3-6-12(13)8-9-14/h3-4,6-7H,2,5,8-11,14H2,1H3. The van der Waals surface area contributed by atoms with Gasteiger partial charge >= 0.3 is 0 Å². The predicted molar refractivity (Wildman–Crippen MR) is 73.6 cm³/mol. The summed E-state index contributed by atoms with van der Waals surface area (Å²) in [4.78, 5) is 0. The zero-order chi connectivity index (χ0) is 13.4.